The third-order valence-electron chi connectivity index (χ3n) is 4.02. The molecule has 0 saturated heterocycles. The monoisotopic (exact) mass is 391 g/mol. The SMILES string of the molecule is CC(NC(=O)/C=C/C(=O)O)C(Cc1ccc(Cl)cc1)c1ccc(Cl)cc1. The highest BCUT2D eigenvalue weighted by atomic mass is 35.5. The van der Waals surface area contributed by atoms with E-state index in [0.29, 0.717) is 16.5 Å². The van der Waals surface area contributed by atoms with E-state index in [1.165, 1.54) is 0 Å². The Balaban J connectivity index is 2.21. The molecule has 2 unspecified atom stereocenters. The fourth-order valence-electron chi connectivity index (χ4n) is 2.69. The summed E-state index contributed by atoms with van der Waals surface area (Å²) in [7, 11) is 0. The van der Waals surface area contributed by atoms with Gasteiger partial charge in [0.2, 0.25) is 5.91 Å². The first-order valence-electron chi connectivity index (χ1n) is 8.06. The fourth-order valence-corrected chi connectivity index (χ4v) is 2.94. The minimum atomic E-state index is -1.16. The molecule has 1 amide bonds. The van der Waals surface area contributed by atoms with Gasteiger partial charge < -0.3 is 10.4 Å². The molecule has 26 heavy (non-hydrogen) atoms. The van der Waals surface area contributed by atoms with E-state index in [2.05, 4.69) is 5.32 Å². The first kappa shape index (κ1) is 20.0. The highest BCUT2D eigenvalue weighted by molar-refractivity contribution is 6.30. The molecule has 4 nitrogen and oxygen atoms in total. The van der Waals surface area contributed by atoms with Gasteiger partial charge in [0.1, 0.15) is 0 Å². The van der Waals surface area contributed by atoms with E-state index in [9.17, 15) is 9.59 Å². The molecule has 136 valence electrons. The van der Waals surface area contributed by atoms with E-state index in [-0.39, 0.29) is 12.0 Å². The smallest absolute Gasteiger partial charge is 0.328 e. The Morgan fingerprint density at radius 1 is 1.00 bits per heavy atom. The van der Waals surface area contributed by atoms with Crippen molar-refractivity contribution in [1.82, 2.24) is 5.32 Å². The number of carboxylic acid groups (broad SMARTS) is 1. The average molecular weight is 392 g/mol. The lowest BCUT2D eigenvalue weighted by atomic mass is 9.86. The second kappa shape index (κ2) is 9.41. The first-order valence-corrected chi connectivity index (χ1v) is 8.82. The standard InChI is InChI=1S/C20H19Cl2NO3/c1-13(23-19(24)10-11-20(25)26)18(15-4-8-17(22)9-5-15)12-14-2-6-16(21)7-3-14/h2-11,13,18H,12H2,1H3,(H,23,24)(H,25,26)/b11-10+. The molecule has 2 N–H and O–H groups in total. The maximum absolute atomic E-state index is 11.9. The molecule has 0 bridgehead atoms. The molecule has 0 spiro atoms. The van der Waals surface area contributed by atoms with Gasteiger partial charge >= 0.3 is 5.97 Å². The Labute approximate surface area is 162 Å². The molecule has 2 aromatic rings. The van der Waals surface area contributed by atoms with Crippen LogP contribution in [0.5, 0.6) is 0 Å². The maximum Gasteiger partial charge on any atom is 0.328 e. The van der Waals surface area contributed by atoms with Crippen molar-refractivity contribution in [1.29, 1.82) is 0 Å². The van der Waals surface area contributed by atoms with Crippen molar-refractivity contribution >= 4 is 35.1 Å². The largest absolute Gasteiger partial charge is 0.478 e. The van der Waals surface area contributed by atoms with Crippen LogP contribution in [0.3, 0.4) is 0 Å². The van der Waals surface area contributed by atoms with Crippen molar-refractivity contribution in [3.05, 3.63) is 81.9 Å². The number of rotatable bonds is 7. The Morgan fingerprint density at radius 2 is 1.54 bits per heavy atom. The van der Waals surface area contributed by atoms with E-state index >= 15 is 0 Å². The molecule has 0 fully saturated rings. The van der Waals surface area contributed by atoms with Gasteiger partial charge in [0.15, 0.2) is 0 Å². The van der Waals surface area contributed by atoms with E-state index in [0.717, 1.165) is 23.3 Å². The lowest BCUT2D eigenvalue weighted by Crippen LogP contribution is -2.37. The lowest BCUT2D eigenvalue weighted by molar-refractivity contribution is -0.131. The van der Waals surface area contributed by atoms with Gasteiger partial charge in [0, 0.05) is 34.2 Å². The van der Waals surface area contributed by atoms with Crippen LogP contribution in [0.2, 0.25) is 10.0 Å². The van der Waals surface area contributed by atoms with E-state index in [4.69, 9.17) is 28.3 Å². The van der Waals surface area contributed by atoms with Crippen LogP contribution in [0.15, 0.2) is 60.7 Å². The minimum absolute atomic E-state index is 0.0179. The van der Waals surface area contributed by atoms with Gasteiger partial charge in [-0.1, -0.05) is 47.5 Å². The lowest BCUT2D eigenvalue weighted by Gasteiger charge is -2.25. The Morgan fingerprint density at radius 3 is 2.08 bits per heavy atom. The Hall–Kier alpha value is -2.30. The van der Waals surface area contributed by atoms with Crippen LogP contribution >= 0.6 is 23.2 Å². The number of aliphatic carboxylic acids is 1. The van der Waals surface area contributed by atoms with E-state index in [1.807, 2.05) is 55.5 Å². The minimum Gasteiger partial charge on any atom is -0.478 e. The number of carboxylic acids is 1. The molecule has 0 aliphatic carbocycles. The van der Waals surface area contributed by atoms with Crippen molar-refractivity contribution in [3.8, 4) is 0 Å². The summed E-state index contributed by atoms with van der Waals surface area (Å²) < 4.78 is 0. The summed E-state index contributed by atoms with van der Waals surface area (Å²) in [6.07, 6.45) is 2.52. The van der Waals surface area contributed by atoms with Gasteiger partial charge in [-0.2, -0.15) is 0 Å². The van der Waals surface area contributed by atoms with Gasteiger partial charge in [0.05, 0.1) is 0 Å². The molecule has 0 saturated carbocycles. The van der Waals surface area contributed by atoms with Crippen LogP contribution in [0, 0.1) is 0 Å². The fraction of sp³-hybridized carbons (Fsp3) is 0.200. The zero-order valence-corrected chi connectivity index (χ0v) is 15.7. The number of amides is 1. The van der Waals surface area contributed by atoms with Crippen LogP contribution in [-0.2, 0) is 16.0 Å². The molecule has 0 aliphatic heterocycles. The van der Waals surface area contributed by atoms with Crippen LogP contribution in [0.25, 0.3) is 0 Å². The molecular formula is C20H19Cl2NO3. The Kier molecular flexibility index (Phi) is 7.25. The molecule has 0 aliphatic rings. The number of benzene rings is 2. The number of carbonyl (C=O) groups excluding carboxylic acids is 1. The van der Waals surface area contributed by atoms with Gasteiger partial charge in [-0.15, -0.1) is 0 Å². The summed E-state index contributed by atoms with van der Waals surface area (Å²) in [4.78, 5) is 22.5. The summed E-state index contributed by atoms with van der Waals surface area (Å²) in [5.41, 5.74) is 2.11. The number of halogens is 2. The second-order valence-corrected chi connectivity index (χ2v) is 6.83. The third kappa shape index (κ3) is 6.21. The predicted molar refractivity (Wildman–Crippen MR) is 104 cm³/mol. The predicted octanol–water partition coefficient (Wildman–Crippen LogP) is 4.47. The van der Waals surface area contributed by atoms with E-state index < -0.39 is 11.9 Å². The zero-order chi connectivity index (χ0) is 19.1. The third-order valence-corrected chi connectivity index (χ3v) is 4.52. The van der Waals surface area contributed by atoms with Crippen molar-refractivity contribution in [2.45, 2.75) is 25.3 Å². The molecule has 2 aromatic carbocycles. The van der Waals surface area contributed by atoms with E-state index in [1.54, 1.807) is 0 Å². The number of nitrogens with one attached hydrogen (secondary N) is 1. The second-order valence-electron chi connectivity index (χ2n) is 5.96. The molecular weight excluding hydrogens is 373 g/mol. The average Bonchev–Trinajstić information content (AvgIpc) is 2.60. The number of carbonyl (C=O) groups is 2. The summed E-state index contributed by atoms with van der Waals surface area (Å²) in [5, 5.41) is 12.8. The van der Waals surface area contributed by atoms with Crippen LogP contribution in [0.4, 0.5) is 0 Å². The molecule has 0 heterocycles. The van der Waals surface area contributed by atoms with Crippen LogP contribution in [-0.4, -0.2) is 23.0 Å². The molecule has 0 radical (unpaired) electrons. The normalized spacial score (nSPS) is 13.3. The summed E-state index contributed by atoms with van der Waals surface area (Å²) in [5.74, 6) is -1.63. The van der Waals surface area contributed by atoms with Crippen molar-refractivity contribution in [2.75, 3.05) is 0 Å². The first-order chi connectivity index (χ1) is 12.3. The highest BCUT2D eigenvalue weighted by Gasteiger charge is 2.21. The van der Waals surface area contributed by atoms with Gasteiger partial charge in [-0.25, -0.2) is 4.79 Å². The molecule has 2 rings (SSSR count). The van der Waals surface area contributed by atoms with Crippen molar-refractivity contribution in [3.63, 3.8) is 0 Å². The van der Waals surface area contributed by atoms with Gasteiger partial charge in [-0.3, -0.25) is 4.79 Å². The van der Waals surface area contributed by atoms with Crippen LogP contribution in [0.1, 0.15) is 24.0 Å². The number of hydrogen-bond donors (Lipinski definition) is 2. The summed E-state index contributed by atoms with van der Waals surface area (Å²) >= 11 is 11.9. The summed E-state index contributed by atoms with van der Waals surface area (Å²) in [6.45, 7) is 1.89. The van der Waals surface area contributed by atoms with Crippen LogP contribution < -0.4 is 5.32 Å². The van der Waals surface area contributed by atoms with Crippen molar-refractivity contribution in [2.24, 2.45) is 0 Å². The topological polar surface area (TPSA) is 66.4 Å². The molecule has 2 atom stereocenters. The summed E-state index contributed by atoms with van der Waals surface area (Å²) in [6, 6.07) is 14.8. The van der Waals surface area contributed by atoms with Crippen molar-refractivity contribution < 1.29 is 14.7 Å². The highest BCUT2D eigenvalue weighted by Crippen LogP contribution is 2.26. The molecule has 6 heteroatoms. The van der Waals surface area contributed by atoms with Gasteiger partial charge in [-0.05, 0) is 48.7 Å². The van der Waals surface area contributed by atoms with Gasteiger partial charge in [0.25, 0.3) is 0 Å². The zero-order valence-electron chi connectivity index (χ0n) is 14.2. The molecule has 0 aromatic heterocycles. The number of hydrogen-bond acceptors (Lipinski definition) is 2. The maximum atomic E-state index is 11.9. The quantitative estimate of drug-likeness (QED) is 0.684. The Bertz CT molecular complexity index is 786.